The van der Waals surface area contributed by atoms with E-state index in [4.69, 9.17) is 8.83 Å². The first-order valence-corrected chi connectivity index (χ1v) is 41.2. The van der Waals surface area contributed by atoms with Crippen molar-refractivity contribution < 1.29 is 8.83 Å². The molecule has 0 amide bonds. The van der Waals surface area contributed by atoms with E-state index in [0.717, 1.165) is 117 Å². The average Bonchev–Trinajstić information content (AvgIpc) is 0.979. The van der Waals surface area contributed by atoms with Gasteiger partial charge in [-0.05, 0) is 182 Å². The number of hydrogen-bond acceptors (Lipinski definition) is 5. The van der Waals surface area contributed by atoms with Gasteiger partial charge in [-0.3, -0.25) is 0 Å². The standard InChI is InChI=1S/C59H40N2O.C55H36N2O/c1-3-19-44(20-4-1)59(53-28-16-25-50-49-24-9-14-32-57(49)62-58(50)53)51-26-10-12-29-55(51)61(56-30-13-11-27-52(56)59)47-39-35-42(36-40-47)41-33-37-46(38-34-41)60(45-21-5-2-6-22-45)54-31-15-18-43-17-7-8-23-48(43)54;1-3-16-39(17-4-1)55(48-25-15-22-44-43-21-8-14-29-53(43)58-54(44)48)46-23-9-12-27-51(46)57(52-28-13-10-24-47(52)55)41-33-30-37(31-34-41)38-32-35-50-45(36-38)42-20-7-11-26-49(42)56(50)40-18-5-2-6-19-40/h1-40H;1-36H. The second-order valence-corrected chi connectivity index (χ2v) is 31.3. The molecule has 0 spiro atoms. The lowest BCUT2D eigenvalue weighted by Crippen LogP contribution is -2.37. The Balaban J connectivity index is 0.000000140. The summed E-state index contributed by atoms with van der Waals surface area (Å²) in [4.78, 5) is 7.22. The third-order valence-electron chi connectivity index (χ3n) is 25.0. The van der Waals surface area contributed by atoms with Crippen molar-refractivity contribution in [3.8, 4) is 27.9 Å². The molecule has 0 bridgehead atoms. The first-order chi connectivity index (χ1) is 59.6. The van der Waals surface area contributed by atoms with E-state index in [9.17, 15) is 0 Å². The van der Waals surface area contributed by atoms with Gasteiger partial charge in [0.15, 0.2) is 0 Å². The second-order valence-electron chi connectivity index (χ2n) is 31.3. The molecule has 2 aliphatic rings. The zero-order chi connectivity index (χ0) is 79.2. The van der Waals surface area contributed by atoms with Gasteiger partial charge in [0, 0.05) is 77.3 Å². The molecule has 0 saturated carbocycles. The first kappa shape index (κ1) is 69.7. The minimum Gasteiger partial charge on any atom is -0.456 e. The smallest absolute Gasteiger partial charge is 0.140 e. The maximum Gasteiger partial charge on any atom is 0.140 e. The molecule has 22 aromatic rings. The van der Waals surface area contributed by atoms with Crippen molar-refractivity contribution in [2.75, 3.05) is 14.7 Å². The highest BCUT2D eigenvalue weighted by Crippen LogP contribution is 2.62. The van der Waals surface area contributed by atoms with Crippen LogP contribution in [0.25, 0.3) is 104 Å². The number of para-hydroxylation sites is 11. The van der Waals surface area contributed by atoms with E-state index in [0.29, 0.717) is 0 Å². The highest BCUT2D eigenvalue weighted by atomic mass is 16.3. The molecular formula is C114H76N4O2. The number of furan rings is 2. The molecule has 564 valence electrons. The van der Waals surface area contributed by atoms with E-state index in [1.165, 1.54) is 82.8 Å². The van der Waals surface area contributed by atoms with Gasteiger partial charge in [-0.25, -0.2) is 0 Å². The Morgan fingerprint density at radius 2 is 0.567 bits per heavy atom. The molecule has 0 aliphatic carbocycles. The lowest BCUT2D eigenvalue weighted by Gasteiger charge is -2.46. The van der Waals surface area contributed by atoms with Crippen molar-refractivity contribution >= 4 is 128 Å². The normalized spacial score (nSPS) is 13.1. The molecule has 5 heterocycles. The SMILES string of the molecule is c1ccc(-n2c3ccccc3c3cc(-c4ccc(N5c6ccccc6C(c6ccccc6)(c6cccc7c6oc6ccccc67)c6ccccc65)cc4)ccc32)cc1.c1ccc(N(c2ccc(-c3ccc(N4c5ccccc5C(c5ccccc5)(c5cccc6c5oc5ccccc56)c5ccccc54)cc3)cc2)c2cccc3ccccc23)cc1. The summed E-state index contributed by atoms with van der Waals surface area (Å²) in [6.45, 7) is 0. The Morgan fingerprint density at radius 3 is 1.07 bits per heavy atom. The Hall–Kier alpha value is -15.8. The van der Waals surface area contributed by atoms with Gasteiger partial charge in [-0.1, -0.05) is 340 Å². The Labute approximate surface area is 695 Å². The third kappa shape index (κ3) is 11.0. The molecule has 0 fully saturated rings. The number of hydrogen-bond donors (Lipinski definition) is 0. The molecule has 0 N–H and O–H groups in total. The fraction of sp³-hybridized carbons (Fsp3) is 0.0175. The molecule has 0 unspecified atom stereocenters. The van der Waals surface area contributed by atoms with Crippen LogP contribution in [0.3, 0.4) is 0 Å². The average molecular weight is 1530 g/mol. The predicted octanol–water partition coefficient (Wildman–Crippen LogP) is 30.6. The van der Waals surface area contributed by atoms with Crippen LogP contribution in [-0.2, 0) is 10.8 Å². The van der Waals surface area contributed by atoms with E-state index in [1.54, 1.807) is 0 Å². The Kier molecular flexibility index (Phi) is 16.6. The van der Waals surface area contributed by atoms with Crippen molar-refractivity contribution in [1.29, 1.82) is 0 Å². The molecule has 0 saturated heterocycles. The fourth-order valence-corrected chi connectivity index (χ4v) is 19.8. The van der Waals surface area contributed by atoms with Crippen LogP contribution >= 0.6 is 0 Å². The molecule has 24 rings (SSSR count). The van der Waals surface area contributed by atoms with Crippen molar-refractivity contribution in [1.82, 2.24) is 4.57 Å². The van der Waals surface area contributed by atoms with Crippen LogP contribution in [0.1, 0.15) is 44.5 Å². The van der Waals surface area contributed by atoms with E-state index in [2.05, 4.69) is 474 Å². The van der Waals surface area contributed by atoms with Crippen molar-refractivity contribution in [2.45, 2.75) is 10.8 Å². The van der Waals surface area contributed by atoms with Gasteiger partial charge in [0.2, 0.25) is 0 Å². The van der Waals surface area contributed by atoms with Gasteiger partial charge in [-0.2, -0.15) is 0 Å². The maximum absolute atomic E-state index is 6.85. The molecule has 19 aromatic carbocycles. The van der Waals surface area contributed by atoms with E-state index in [-0.39, 0.29) is 0 Å². The fourth-order valence-electron chi connectivity index (χ4n) is 19.8. The number of rotatable bonds is 12. The van der Waals surface area contributed by atoms with Crippen LogP contribution in [-0.4, -0.2) is 4.57 Å². The van der Waals surface area contributed by atoms with Crippen LogP contribution in [0.5, 0.6) is 0 Å². The quantitative estimate of drug-likeness (QED) is 0.122. The summed E-state index contributed by atoms with van der Waals surface area (Å²) in [5, 5.41) is 9.43. The van der Waals surface area contributed by atoms with Gasteiger partial charge in [-0.15, -0.1) is 0 Å². The summed E-state index contributed by atoms with van der Waals surface area (Å²) >= 11 is 0. The number of fused-ring (bicyclic) bond motifs is 14. The van der Waals surface area contributed by atoms with Gasteiger partial charge in [0.25, 0.3) is 0 Å². The lowest BCUT2D eigenvalue weighted by molar-refractivity contribution is 0.643. The molecule has 0 radical (unpaired) electrons. The Bertz CT molecular complexity index is 7560. The summed E-state index contributed by atoms with van der Waals surface area (Å²) in [6, 6.07) is 167. The van der Waals surface area contributed by atoms with Crippen LogP contribution in [0.15, 0.2) is 470 Å². The minimum atomic E-state index is -0.667. The van der Waals surface area contributed by atoms with Gasteiger partial charge in [0.1, 0.15) is 22.3 Å². The molecule has 120 heavy (non-hydrogen) atoms. The largest absolute Gasteiger partial charge is 0.456 e. The van der Waals surface area contributed by atoms with E-state index < -0.39 is 10.8 Å². The monoisotopic (exact) mass is 1530 g/mol. The molecule has 6 nitrogen and oxygen atoms in total. The van der Waals surface area contributed by atoms with Crippen molar-refractivity contribution in [2.24, 2.45) is 0 Å². The zero-order valence-corrected chi connectivity index (χ0v) is 65.5. The summed E-state index contributed by atoms with van der Waals surface area (Å²) < 4.78 is 16.1. The molecule has 6 heteroatoms. The van der Waals surface area contributed by atoms with Gasteiger partial charge >= 0.3 is 0 Å². The van der Waals surface area contributed by atoms with E-state index in [1.807, 2.05) is 6.07 Å². The number of anilines is 9. The second kappa shape index (κ2) is 28.6. The van der Waals surface area contributed by atoms with E-state index >= 15 is 0 Å². The lowest BCUT2D eigenvalue weighted by atomic mass is 9.62. The van der Waals surface area contributed by atoms with Crippen LogP contribution in [0, 0.1) is 0 Å². The maximum atomic E-state index is 6.85. The van der Waals surface area contributed by atoms with Crippen molar-refractivity contribution in [3.05, 3.63) is 506 Å². The van der Waals surface area contributed by atoms with Crippen LogP contribution in [0.2, 0.25) is 0 Å². The van der Waals surface area contributed by atoms with Gasteiger partial charge in [0.05, 0.1) is 50.3 Å². The summed E-state index contributed by atoms with van der Waals surface area (Å²) in [6.07, 6.45) is 0. The number of aromatic nitrogens is 1. The first-order valence-electron chi connectivity index (χ1n) is 41.2. The Morgan fingerprint density at radius 1 is 0.217 bits per heavy atom. The number of benzene rings is 19. The third-order valence-corrected chi connectivity index (χ3v) is 25.0. The molecule has 2 aliphatic heterocycles. The summed E-state index contributed by atoms with van der Waals surface area (Å²) in [5.41, 5.74) is 30.1. The highest BCUT2D eigenvalue weighted by molar-refractivity contribution is 6.12. The number of nitrogens with zero attached hydrogens (tertiary/aromatic N) is 4. The molecule has 3 aromatic heterocycles. The van der Waals surface area contributed by atoms with Gasteiger partial charge < -0.3 is 28.1 Å². The highest BCUT2D eigenvalue weighted by Gasteiger charge is 2.50. The van der Waals surface area contributed by atoms with Crippen LogP contribution < -0.4 is 14.7 Å². The minimum absolute atomic E-state index is 0.660. The molecule has 0 atom stereocenters. The zero-order valence-electron chi connectivity index (χ0n) is 65.5. The van der Waals surface area contributed by atoms with Crippen LogP contribution in [0.4, 0.5) is 51.2 Å². The predicted molar refractivity (Wildman–Crippen MR) is 498 cm³/mol. The molecular weight excluding hydrogens is 1460 g/mol. The summed E-state index contributed by atoms with van der Waals surface area (Å²) in [7, 11) is 0. The van der Waals surface area contributed by atoms with Crippen molar-refractivity contribution in [3.63, 3.8) is 0 Å². The topological polar surface area (TPSA) is 40.9 Å². The summed E-state index contributed by atoms with van der Waals surface area (Å²) in [5.74, 6) is 0.